The number of ether oxygens (including phenoxy) is 1. The number of nitrogens with zero attached hydrogens (tertiary/aromatic N) is 4. The van der Waals surface area contributed by atoms with E-state index in [9.17, 15) is 4.79 Å². The van der Waals surface area contributed by atoms with E-state index in [0.717, 1.165) is 35.2 Å². The average Bonchev–Trinajstić information content (AvgIpc) is 3.20. The van der Waals surface area contributed by atoms with Crippen molar-refractivity contribution in [3.8, 4) is 5.75 Å². The highest BCUT2D eigenvalue weighted by molar-refractivity contribution is 6.35. The van der Waals surface area contributed by atoms with Crippen LogP contribution in [0.2, 0.25) is 10.0 Å². The fourth-order valence-electron chi connectivity index (χ4n) is 3.90. The summed E-state index contributed by atoms with van der Waals surface area (Å²) < 4.78 is 7.62. The number of carbonyl (C=O) groups is 1. The Morgan fingerprint density at radius 3 is 2.93 bits per heavy atom. The lowest BCUT2D eigenvalue weighted by Crippen LogP contribution is -2.31. The standard InChI is InChI=1S/C21H17Cl2N5O2/c22-14-8-7-13(16(23)10-14)11-30-15-4-1-3-12(9-15)20-19-17(5-2-6-18(19)29)24-21-25-26-27-28(20)21/h1,3-4,7-10,20H,2,5-6,11H2,(H,24,25,27). The number of ketones is 1. The van der Waals surface area contributed by atoms with Crippen LogP contribution in [-0.4, -0.2) is 26.0 Å². The van der Waals surface area contributed by atoms with Crippen LogP contribution in [0.15, 0.2) is 53.7 Å². The molecular formula is C21H17Cl2N5O2. The van der Waals surface area contributed by atoms with Crippen molar-refractivity contribution < 1.29 is 9.53 Å². The molecule has 7 nitrogen and oxygen atoms in total. The van der Waals surface area contributed by atoms with Gasteiger partial charge in [0.05, 0.1) is 0 Å². The number of allylic oxidation sites excluding steroid dienone is 2. The molecule has 0 saturated carbocycles. The summed E-state index contributed by atoms with van der Waals surface area (Å²) in [4.78, 5) is 12.8. The second-order valence-corrected chi connectivity index (χ2v) is 8.08. The minimum atomic E-state index is -0.387. The van der Waals surface area contributed by atoms with Gasteiger partial charge in [0.1, 0.15) is 18.4 Å². The van der Waals surface area contributed by atoms with Gasteiger partial charge in [-0.1, -0.05) is 46.5 Å². The van der Waals surface area contributed by atoms with Crippen molar-refractivity contribution in [3.63, 3.8) is 0 Å². The number of aromatic nitrogens is 4. The van der Waals surface area contributed by atoms with Crippen LogP contribution in [0.5, 0.6) is 5.75 Å². The van der Waals surface area contributed by atoms with E-state index in [4.69, 9.17) is 27.9 Å². The van der Waals surface area contributed by atoms with Crippen molar-refractivity contribution in [1.82, 2.24) is 20.2 Å². The average molecular weight is 442 g/mol. The minimum Gasteiger partial charge on any atom is -0.489 e. The van der Waals surface area contributed by atoms with E-state index in [1.807, 2.05) is 30.3 Å². The number of Topliss-reactive ketones (excluding diaryl/α,β-unsaturated/α-hetero) is 1. The number of benzene rings is 2. The zero-order valence-corrected chi connectivity index (χ0v) is 17.3. The van der Waals surface area contributed by atoms with Crippen LogP contribution in [-0.2, 0) is 11.4 Å². The van der Waals surface area contributed by atoms with E-state index in [1.165, 1.54) is 0 Å². The van der Waals surface area contributed by atoms with Gasteiger partial charge in [-0.15, -0.1) is 0 Å². The number of nitrogens with one attached hydrogen (secondary N) is 1. The SMILES string of the molecule is O=C1CCCC2=C1C(c1cccc(OCc3ccc(Cl)cc3Cl)c1)n1nnnc1N2. The molecular weight excluding hydrogens is 425 g/mol. The molecule has 0 saturated heterocycles. The zero-order chi connectivity index (χ0) is 20.7. The molecule has 2 heterocycles. The van der Waals surface area contributed by atoms with Crippen LogP contribution >= 0.6 is 23.2 Å². The number of hydrogen-bond donors (Lipinski definition) is 1. The summed E-state index contributed by atoms with van der Waals surface area (Å²) in [6.07, 6.45) is 2.15. The van der Waals surface area contributed by atoms with Crippen LogP contribution in [0.1, 0.15) is 36.4 Å². The highest BCUT2D eigenvalue weighted by atomic mass is 35.5. The van der Waals surface area contributed by atoms with Gasteiger partial charge in [0.25, 0.3) is 0 Å². The van der Waals surface area contributed by atoms with E-state index in [2.05, 4.69) is 20.8 Å². The van der Waals surface area contributed by atoms with E-state index in [-0.39, 0.29) is 11.8 Å². The lowest BCUT2D eigenvalue weighted by atomic mass is 9.85. The minimum absolute atomic E-state index is 0.120. The lowest BCUT2D eigenvalue weighted by molar-refractivity contribution is -0.116. The Kier molecular flexibility index (Phi) is 4.92. The second kappa shape index (κ2) is 7.74. The van der Waals surface area contributed by atoms with Crippen molar-refractivity contribution in [2.45, 2.75) is 31.9 Å². The molecule has 1 aromatic heterocycles. The molecule has 0 bridgehead atoms. The third kappa shape index (κ3) is 3.44. The highest BCUT2D eigenvalue weighted by Crippen LogP contribution is 2.40. The molecule has 0 fully saturated rings. The maximum absolute atomic E-state index is 12.8. The fourth-order valence-corrected chi connectivity index (χ4v) is 4.36. The molecule has 1 aliphatic carbocycles. The quantitative estimate of drug-likeness (QED) is 0.637. The Bertz CT molecular complexity index is 1170. The van der Waals surface area contributed by atoms with Gasteiger partial charge in [-0.25, -0.2) is 0 Å². The smallest absolute Gasteiger partial charge is 0.248 e. The molecule has 5 rings (SSSR count). The number of rotatable bonds is 4. The number of anilines is 1. The molecule has 152 valence electrons. The first-order valence-electron chi connectivity index (χ1n) is 9.58. The van der Waals surface area contributed by atoms with Gasteiger partial charge in [0.15, 0.2) is 5.78 Å². The van der Waals surface area contributed by atoms with Gasteiger partial charge in [0, 0.05) is 33.3 Å². The Hall–Kier alpha value is -2.90. The van der Waals surface area contributed by atoms with E-state index < -0.39 is 0 Å². The van der Waals surface area contributed by atoms with Gasteiger partial charge < -0.3 is 10.1 Å². The number of hydrogen-bond acceptors (Lipinski definition) is 6. The van der Waals surface area contributed by atoms with Gasteiger partial charge in [-0.2, -0.15) is 4.68 Å². The molecule has 0 radical (unpaired) electrons. The monoisotopic (exact) mass is 441 g/mol. The third-order valence-electron chi connectivity index (χ3n) is 5.31. The highest BCUT2D eigenvalue weighted by Gasteiger charge is 2.36. The van der Waals surface area contributed by atoms with Crippen LogP contribution in [0.25, 0.3) is 0 Å². The molecule has 9 heteroatoms. The largest absolute Gasteiger partial charge is 0.489 e. The Balaban J connectivity index is 1.47. The molecule has 3 aromatic rings. The number of fused-ring (bicyclic) bond motifs is 1. The van der Waals surface area contributed by atoms with Crippen molar-refractivity contribution in [2.75, 3.05) is 5.32 Å². The molecule has 2 aliphatic rings. The predicted molar refractivity (Wildman–Crippen MR) is 113 cm³/mol. The van der Waals surface area contributed by atoms with Crippen molar-refractivity contribution in [2.24, 2.45) is 0 Å². The van der Waals surface area contributed by atoms with Crippen molar-refractivity contribution in [3.05, 3.63) is 74.9 Å². The first kappa shape index (κ1) is 19.1. The van der Waals surface area contributed by atoms with Gasteiger partial charge in [-0.3, -0.25) is 4.79 Å². The number of tetrazole rings is 1. The number of halogens is 2. The summed E-state index contributed by atoms with van der Waals surface area (Å²) in [5.74, 6) is 1.32. The Morgan fingerprint density at radius 1 is 1.17 bits per heavy atom. The summed E-state index contributed by atoms with van der Waals surface area (Å²) in [5.41, 5.74) is 3.34. The van der Waals surface area contributed by atoms with Crippen LogP contribution in [0, 0.1) is 0 Å². The molecule has 30 heavy (non-hydrogen) atoms. The van der Waals surface area contributed by atoms with Gasteiger partial charge in [-0.05, 0) is 53.1 Å². The Labute approximate surface area is 182 Å². The molecule has 2 aromatic carbocycles. The molecule has 0 spiro atoms. The molecule has 0 amide bonds. The van der Waals surface area contributed by atoms with Crippen LogP contribution in [0.4, 0.5) is 5.95 Å². The first-order valence-corrected chi connectivity index (χ1v) is 10.3. The molecule has 1 aliphatic heterocycles. The molecule has 1 N–H and O–H groups in total. The maximum Gasteiger partial charge on any atom is 0.248 e. The first-order chi connectivity index (χ1) is 14.6. The summed E-state index contributed by atoms with van der Waals surface area (Å²) in [7, 11) is 0. The fraction of sp³-hybridized carbons (Fsp3) is 0.238. The van der Waals surface area contributed by atoms with Gasteiger partial charge >= 0.3 is 0 Å². The normalized spacial score (nSPS) is 17.9. The number of carbonyl (C=O) groups excluding carboxylic acids is 1. The van der Waals surface area contributed by atoms with E-state index in [1.54, 1.807) is 16.8 Å². The summed E-state index contributed by atoms with van der Waals surface area (Å²) in [5, 5.41) is 16.3. The summed E-state index contributed by atoms with van der Waals surface area (Å²) in [6.45, 7) is 0.300. The molecule has 1 unspecified atom stereocenters. The topological polar surface area (TPSA) is 81.9 Å². The summed E-state index contributed by atoms with van der Waals surface area (Å²) >= 11 is 12.2. The van der Waals surface area contributed by atoms with E-state index in [0.29, 0.717) is 34.8 Å². The zero-order valence-electron chi connectivity index (χ0n) is 15.8. The maximum atomic E-state index is 12.8. The molecule has 1 atom stereocenters. The predicted octanol–water partition coefficient (Wildman–Crippen LogP) is 4.58. The summed E-state index contributed by atoms with van der Waals surface area (Å²) in [6, 6.07) is 12.6. The third-order valence-corrected chi connectivity index (χ3v) is 5.90. The van der Waals surface area contributed by atoms with Gasteiger partial charge in [0.2, 0.25) is 5.95 Å². The second-order valence-electron chi connectivity index (χ2n) is 7.24. The Morgan fingerprint density at radius 2 is 2.07 bits per heavy atom. The van der Waals surface area contributed by atoms with Crippen LogP contribution in [0.3, 0.4) is 0 Å². The lowest BCUT2D eigenvalue weighted by Gasteiger charge is -2.31. The van der Waals surface area contributed by atoms with Crippen molar-refractivity contribution in [1.29, 1.82) is 0 Å². The van der Waals surface area contributed by atoms with Crippen LogP contribution < -0.4 is 10.1 Å². The van der Waals surface area contributed by atoms with Crippen molar-refractivity contribution >= 4 is 34.9 Å². The van der Waals surface area contributed by atoms with E-state index >= 15 is 0 Å².